The molecule has 0 radical (unpaired) electrons. The molecule has 0 aromatic rings. The number of carboxylic acids is 1. The number of hydrogen-bond acceptors (Lipinski definition) is 1. The van der Waals surface area contributed by atoms with Gasteiger partial charge in [-0.1, -0.05) is 67.7 Å². The van der Waals surface area contributed by atoms with Gasteiger partial charge >= 0.3 is 5.97 Å². The van der Waals surface area contributed by atoms with Crippen molar-refractivity contribution in [2.45, 2.75) is 26.7 Å². The van der Waals surface area contributed by atoms with E-state index in [-0.39, 0.29) is 5.57 Å². The van der Waals surface area contributed by atoms with Gasteiger partial charge in [0.25, 0.3) is 0 Å². The van der Waals surface area contributed by atoms with Crippen LogP contribution in [0.2, 0.25) is 0 Å². The molecular formula is C17H22O2. The first-order valence-electron chi connectivity index (χ1n) is 6.43. The molecule has 2 nitrogen and oxygen atoms in total. The smallest absolute Gasteiger partial charge is 0.335 e. The molecule has 0 saturated carbocycles. The van der Waals surface area contributed by atoms with Crippen LogP contribution in [0.3, 0.4) is 0 Å². The first kappa shape index (κ1) is 16.9. The average molecular weight is 258 g/mol. The van der Waals surface area contributed by atoms with E-state index in [4.69, 9.17) is 5.11 Å². The van der Waals surface area contributed by atoms with Gasteiger partial charge in [-0.15, -0.1) is 0 Å². The second-order valence-corrected chi connectivity index (χ2v) is 3.74. The van der Waals surface area contributed by atoms with E-state index in [1.165, 1.54) is 0 Å². The van der Waals surface area contributed by atoms with Crippen LogP contribution in [0.4, 0.5) is 0 Å². The summed E-state index contributed by atoms with van der Waals surface area (Å²) in [6.45, 7) is 3.94. The van der Waals surface area contributed by atoms with Crippen LogP contribution in [-0.2, 0) is 4.79 Å². The topological polar surface area (TPSA) is 37.3 Å². The van der Waals surface area contributed by atoms with Crippen LogP contribution in [-0.4, -0.2) is 11.1 Å². The lowest BCUT2D eigenvalue weighted by Crippen LogP contribution is -1.96. The lowest BCUT2D eigenvalue weighted by molar-refractivity contribution is -0.132. The summed E-state index contributed by atoms with van der Waals surface area (Å²) >= 11 is 0. The van der Waals surface area contributed by atoms with E-state index >= 15 is 0 Å². The van der Waals surface area contributed by atoms with Crippen molar-refractivity contribution in [1.82, 2.24) is 0 Å². The van der Waals surface area contributed by atoms with Gasteiger partial charge in [0.15, 0.2) is 0 Å². The van der Waals surface area contributed by atoms with Crippen molar-refractivity contribution in [3.05, 3.63) is 72.4 Å². The maximum Gasteiger partial charge on any atom is 0.335 e. The van der Waals surface area contributed by atoms with Crippen molar-refractivity contribution in [1.29, 1.82) is 0 Å². The quantitative estimate of drug-likeness (QED) is 0.510. The lowest BCUT2D eigenvalue weighted by atomic mass is 10.2. The molecule has 0 amide bonds. The highest BCUT2D eigenvalue weighted by Crippen LogP contribution is 2.00. The zero-order valence-electron chi connectivity index (χ0n) is 11.6. The molecule has 0 atom stereocenters. The molecule has 0 saturated heterocycles. The first-order chi connectivity index (χ1) is 9.22. The van der Waals surface area contributed by atoms with Gasteiger partial charge in [0, 0.05) is 0 Å². The first-order valence-corrected chi connectivity index (χ1v) is 6.43. The van der Waals surface area contributed by atoms with E-state index in [0.717, 1.165) is 6.42 Å². The average Bonchev–Trinajstić information content (AvgIpc) is 2.39. The predicted molar refractivity (Wildman–Crippen MR) is 82.0 cm³/mol. The fraction of sp³-hybridized carbons (Fsp3) is 0.235. The molecule has 0 fully saturated rings. The van der Waals surface area contributed by atoms with Crippen LogP contribution in [0, 0.1) is 0 Å². The van der Waals surface area contributed by atoms with Crippen LogP contribution in [0.25, 0.3) is 0 Å². The van der Waals surface area contributed by atoms with Gasteiger partial charge in [-0.05, 0) is 25.8 Å². The summed E-state index contributed by atoms with van der Waals surface area (Å²) in [4.78, 5) is 10.9. The summed E-state index contributed by atoms with van der Waals surface area (Å²) < 4.78 is 0. The van der Waals surface area contributed by atoms with E-state index in [0.29, 0.717) is 6.42 Å². The summed E-state index contributed by atoms with van der Waals surface area (Å²) in [6.07, 6.45) is 22.2. The number of carboxylic acid groups (broad SMARTS) is 1. The Morgan fingerprint density at radius 1 is 1.00 bits per heavy atom. The van der Waals surface area contributed by atoms with Gasteiger partial charge < -0.3 is 5.11 Å². The largest absolute Gasteiger partial charge is 0.478 e. The number of carbonyl (C=O) groups is 1. The molecule has 0 aliphatic rings. The maximum atomic E-state index is 10.9. The van der Waals surface area contributed by atoms with Gasteiger partial charge in [-0.25, -0.2) is 4.79 Å². The van der Waals surface area contributed by atoms with Crippen LogP contribution >= 0.6 is 0 Å². The van der Waals surface area contributed by atoms with Crippen LogP contribution in [0.5, 0.6) is 0 Å². The van der Waals surface area contributed by atoms with Crippen molar-refractivity contribution in [3.8, 4) is 0 Å². The molecule has 0 aromatic carbocycles. The molecule has 2 heteroatoms. The zero-order valence-corrected chi connectivity index (χ0v) is 11.6. The number of hydrogen-bond donors (Lipinski definition) is 1. The van der Waals surface area contributed by atoms with Gasteiger partial charge in [0.05, 0.1) is 5.57 Å². The highest BCUT2D eigenvalue weighted by atomic mass is 16.4. The number of allylic oxidation sites excluding steroid dienone is 10. The van der Waals surface area contributed by atoms with Crippen molar-refractivity contribution >= 4 is 5.97 Å². The van der Waals surface area contributed by atoms with Crippen molar-refractivity contribution in [2.24, 2.45) is 0 Å². The lowest BCUT2D eigenvalue weighted by Gasteiger charge is -1.91. The molecule has 0 bridgehead atoms. The van der Waals surface area contributed by atoms with Crippen LogP contribution in [0.1, 0.15) is 26.7 Å². The molecule has 19 heavy (non-hydrogen) atoms. The van der Waals surface area contributed by atoms with Crippen molar-refractivity contribution in [2.75, 3.05) is 0 Å². The normalized spacial score (nSPS) is 13.9. The molecular weight excluding hydrogens is 236 g/mol. The van der Waals surface area contributed by atoms with Crippen molar-refractivity contribution < 1.29 is 9.90 Å². The third-order valence-electron chi connectivity index (χ3n) is 2.13. The van der Waals surface area contributed by atoms with E-state index in [1.807, 2.05) is 43.4 Å². The van der Waals surface area contributed by atoms with E-state index < -0.39 is 5.97 Å². The zero-order chi connectivity index (χ0) is 14.3. The Morgan fingerprint density at radius 3 is 2.26 bits per heavy atom. The monoisotopic (exact) mass is 258 g/mol. The fourth-order valence-corrected chi connectivity index (χ4v) is 1.17. The summed E-state index contributed by atoms with van der Waals surface area (Å²) in [5.74, 6) is -0.914. The van der Waals surface area contributed by atoms with E-state index in [9.17, 15) is 4.79 Å². The van der Waals surface area contributed by atoms with Gasteiger partial charge in [0.1, 0.15) is 0 Å². The Hall–Kier alpha value is -2.09. The SMILES string of the molecule is CC=CC=C(C=CCC=CC=CC=CCC)C(=O)O. The van der Waals surface area contributed by atoms with Gasteiger partial charge in [0.2, 0.25) is 0 Å². The van der Waals surface area contributed by atoms with Crippen LogP contribution < -0.4 is 0 Å². The molecule has 0 aliphatic heterocycles. The maximum absolute atomic E-state index is 10.9. The third-order valence-corrected chi connectivity index (χ3v) is 2.13. The molecule has 0 aromatic heterocycles. The Labute approximate surface area is 115 Å². The molecule has 0 spiro atoms. The minimum absolute atomic E-state index is 0.285. The summed E-state index contributed by atoms with van der Waals surface area (Å²) in [5, 5.41) is 8.93. The predicted octanol–water partition coefficient (Wildman–Crippen LogP) is 4.60. The molecule has 0 rings (SSSR count). The summed E-state index contributed by atoms with van der Waals surface area (Å²) in [5.41, 5.74) is 0.285. The molecule has 0 aliphatic carbocycles. The minimum Gasteiger partial charge on any atom is -0.478 e. The summed E-state index contributed by atoms with van der Waals surface area (Å²) in [6, 6.07) is 0. The standard InChI is InChI=1S/C17H22O2/c1-3-5-7-8-9-10-11-12-13-15-16(17(18)19)14-6-4-2/h4-11,13-15H,3,12H2,1-2H3,(H,18,19). The van der Waals surface area contributed by atoms with E-state index in [2.05, 4.69) is 13.0 Å². The molecule has 102 valence electrons. The van der Waals surface area contributed by atoms with E-state index in [1.54, 1.807) is 24.3 Å². The number of rotatable bonds is 8. The Kier molecular flexibility index (Phi) is 11.0. The Morgan fingerprint density at radius 2 is 1.68 bits per heavy atom. The highest BCUT2D eigenvalue weighted by Gasteiger charge is 1.99. The fourth-order valence-electron chi connectivity index (χ4n) is 1.17. The molecule has 1 N–H and O–H groups in total. The Balaban J connectivity index is 4.20. The Bertz CT molecular complexity index is 419. The number of aliphatic carboxylic acids is 1. The molecule has 0 heterocycles. The van der Waals surface area contributed by atoms with Gasteiger partial charge in [-0.2, -0.15) is 0 Å². The minimum atomic E-state index is -0.914. The van der Waals surface area contributed by atoms with Crippen molar-refractivity contribution in [3.63, 3.8) is 0 Å². The second-order valence-electron chi connectivity index (χ2n) is 3.74. The summed E-state index contributed by atoms with van der Waals surface area (Å²) in [7, 11) is 0. The molecule has 0 unspecified atom stereocenters. The third kappa shape index (κ3) is 10.8. The van der Waals surface area contributed by atoms with Gasteiger partial charge in [-0.3, -0.25) is 0 Å². The highest BCUT2D eigenvalue weighted by molar-refractivity contribution is 5.90. The second kappa shape index (κ2) is 12.4. The van der Waals surface area contributed by atoms with Crippen LogP contribution in [0.15, 0.2) is 72.4 Å².